The maximum Gasteiger partial charge on any atom is 0.158 e. The molecular formula is C17H33NO2. The highest BCUT2D eigenvalue weighted by Crippen LogP contribution is 2.29. The van der Waals surface area contributed by atoms with Crippen molar-refractivity contribution in [1.29, 1.82) is 0 Å². The third-order valence-corrected chi connectivity index (χ3v) is 4.28. The SMILES string of the molecule is C[C@@H](C[C@@H]1OC[C@@H](CN2CCCCC2)O1)CC(C)(C)C. The average molecular weight is 283 g/mol. The molecule has 0 bridgehead atoms. The van der Waals surface area contributed by atoms with Gasteiger partial charge in [0.05, 0.1) is 12.7 Å². The second-order valence-corrected chi connectivity index (χ2v) is 7.99. The van der Waals surface area contributed by atoms with Gasteiger partial charge in [0.25, 0.3) is 0 Å². The van der Waals surface area contributed by atoms with Crippen LogP contribution in [0.5, 0.6) is 0 Å². The number of nitrogens with zero attached hydrogens (tertiary/aromatic N) is 1. The number of ether oxygens (including phenoxy) is 2. The number of hydrogen-bond acceptors (Lipinski definition) is 3. The van der Waals surface area contributed by atoms with Gasteiger partial charge < -0.3 is 14.4 Å². The summed E-state index contributed by atoms with van der Waals surface area (Å²) in [6, 6.07) is 0. The molecule has 3 atom stereocenters. The molecule has 2 rings (SSSR count). The fraction of sp³-hybridized carbons (Fsp3) is 1.00. The van der Waals surface area contributed by atoms with E-state index in [1.807, 2.05) is 0 Å². The first-order chi connectivity index (χ1) is 9.42. The van der Waals surface area contributed by atoms with Crippen molar-refractivity contribution in [3.05, 3.63) is 0 Å². The fourth-order valence-electron chi connectivity index (χ4n) is 3.61. The maximum absolute atomic E-state index is 6.09. The zero-order valence-electron chi connectivity index (χ0n) is 13.9. The van der Waals surface area contributed by atoms with Crippen molar-refractivity contribution in [1.82, 2.24) is 4.90 Å². The molecule has 3 heteroatoms. The van der Waals surface area contributed by atoms with E-state index in [4.69, 9.17) is 9.47 Å². The second-order valence-electron chi connectivity index (χ2n) is 7.99. The normalized spacial score (nSPS) is 30.6. The summed E-state index contributed by atoms with van der Waals surface area (Å²) < 4.78 is 11.9. The summed E-state index contributed by atoms with van der Waals surface area (Å²) in [5.74, 6) is 0.661. The van der Waals surface area contributed by atoms with Crippen molar-refractivity contribution >= 4 is 0 Å². The Labute approximate surface area is 125 Å². The van der Waals surface area contributed by atoms with Crippen LogP contribution in [0.15, 0.2) is 0 Å². The molecule has 0 spiro atoms. The molecular weight excluding hydrogens is 250 g/mol. The minimum atomic E-state index is 0.0298. The summed E-state index contributed by atoms with van der Waals surface area (Å²) in [7, 11) is 0. The molecule has 0 saturated carbocycles. The minimum Gasteiger partial charge on any atom is -0.350 e. The zero-order chi connectivity index (χ0) is 14.6. The van der Waals surface area contributed by atoms with Crippen LogP contribution in [0, 0.1) is 11.3 Å². The summed E-state index contributed by atoms with van der Waals surface area (Å²) in [6.45, 7) is 13.6. The van der Waals surface area contributed by atoms with Gasteiger partial charge in [0.1, 0.15) is 0 Å². The van der Waals surface area contributed by atoms with Crippen LogP contribution in [0.25, 0.3) is 0 Å². The predicted molar refractivity (Wildman–Crippen MR) is 82.8 cm³/mol. The maximum atomic E-state index is 6.09. The van der Waals surface area contributed by atoms with Gasteiger partial charge in [-0.2, -0.15) is 0 Å². The molecule has 2 heterocycles. The van der Waals surface area contributed by atoms with Gasteiger partial charge in [-0.05, 0) is 43.7 Å². The van der Waals surface area contributed by atoms with Crippen LogP contribution in [-0.2, 0) is 9.47 Å². The largest absolute Gasteiger partial charge is 0.350 e. The average Bonchev–Trinajstić information content (AvgIpc) is 2.75. The highest BCUT2D eigenvalue weighted by Gasteiger charge is 2.29. The van der Waals surface area contributed by atoms with E-state index in [9.17, 15) is 0 Å². The molecule has 0 amide bonds. The topological polar surface area (TPSA) is 21.7 Å². The summed E-state index contributed by atoms with van der Waals surface area (Å²) >= 11 is 0. The number of rotatable bonds is 5. The quantitative estimate of drug-likeness (QED) is 0.768. The molecule has 2 aliphatic rings. The minimum absolute atomic E-state index is 0.0298. The zero-order valence-corrected chi connectivity index (χ0v) is 13.9. The van der Waals surface area contributed by atoms with Crippen molar-refractivity contribution in [2.75, 3.05) is 26.2 Å². The predicted octanol–water partition coefficient (Wildman–Crippen LogP) is 3.68. The first kappa shape index (κ1) is 16.3. The van der Waals surface area contributed by atoms with Crippen LogP contribution in [0.4, 0.5) is 0 Å². The van der Waals surface area contributed by atoms with Crippen LogP contribution < -0.4 is 0 Å². The Morgan fingerprint density at radius 2 is 1.85 bits per heavy atom. The van der Waals surface area contributed by atoms with Gasteiger partial charge in [0, 0.05) is 13.0 Å². The number of hydrogen-bond donors (Lipinski definition) is 0. The van der Waals surface area contributed by atoms with Crippen LogP contribution in [0.3, 0.4) is 0 Å². The molecule has 20 heavy (non-hydrogen) atoms. The molecule has 2 aliphatic heterocycles. The lowest BCUT2D eigenvalue weighted by Crippen LogP contribution is -2.37. The van der Waals surface area contributed by atoms with E-state index < -0.39 is 0 Å². The lowest BCUT2D eigenvalue weighted by atomic mass is 9.84. The Kier molecular flexibility index (Phi) is 5.88. The molecule has 0 N–H and O–H groups in total. The Morgan fingerprint density at radius 3 is 2.50 bits per heavy atom. The number of piperidine rings is 1. The van der Waals surface area contributed by atoms with Crippen LogP contribution in [0.1, 0.15) is 59.8 Å². The lowest BCUT2D eigenvalue weighted by Gasteiger charge is -2.28. The monoisotopic (exact) mass is 283 g/mol. The van der Waals surface area contributed by atoms with E-state index in [-0.39, 0.29) is 6.29 Å². The van der Waals surface area contributed by atoms with Crippen molar-refractivity contribution in [2.45, 2.75) is 72.2 Å². The highest BCUT2D eigenvalue weighted by atomic mass is 16.7. The molecule has 0 unspecified atom stereocenters. The van der Waals surface area contributed by atoms with E-state index in [1.54, 1.807) is 0 Å². The van der Waals surface area contributed by atoms with E-state index in [0.29, 0.717) is 17.4 Å². The van der Waals surface area contributed by atoms with Gasteiger partial charge in [-0.1, -0.05) is 34.1 Å². The first-order valence-corrected chi connectivity index (χ1v) is 8.42. The molecule has 0 aromatic carbocycles. The van der Waals surface area contributed by atoms with Gasteiger partial charge in [-0.15, -0.1) is 0 Å². The Bertz CT molecular complexity index is 281. The third-order valence-electron chi connectivity index (χ3n) is 4.28. The molecule has 0 aromatic heterocycles. The molecule has 118 valence electrons. The summed E-state index contributed by atoms with van der Waals surface area (Å²) in [6.07, 6.45) is 6.67. The second kappa shape index (κ2) is 7.24. The third kappa shape index (κ3) is 5.71. The van der Waals surface area contributed by atoms with Crippen LogP contribution in [0.2, 0.25) is 0 Å². The molecule has 2 fully saturated rings. The Morgan fingerprint density at radius 1 is 1.15 bits per heavy atom. The summed E-state index contributed by atoms with van der Waals surface area (Å²) in [5, 5.41) is 0. The fourth-order valence-corrected chi connectivity index (χ4v) is 3.61. The van der Waals surface area contributed by atoms with Crippen molar-refractivity contribution < 1.29 is 9.47 Å². The molecule has 0 aliphatic carbocycles. The van der Waals surface area contributed by atoms with Gasteiger partial charge in [0.2, 0.25) is 0 Å². The molecule has 3 nitrogen and oxygen atoms in total. The van der Waals surface area contributed by atoms with E-state index in [2.05, 4.69) is 32.6 Å². The van der Waals surface area contributed by atoms with E-state index in [0.717, 1.165) is 19.6 Å². The van der Waals surface area contributed by atoms with Crippen LogP contribution in [-0.4, -0.2) is 43.5 Å². The van der Waals surface area contributed by atoms with Crippen molar-refractivity contribution in [3.8, 4) is 0 Å². The molecule has 2 saturated heterocycles. The lowest BCUT2D eigenvalue weighted by molar-refractivity contribution is -0.0762. The van der Waals surface area contributed by atoms with Gasteiger partial charge >= 0.3 is 0 Å². The van der Waals surface area contributed by atoms with E-state index in [1.165, 1.54) is 38.8 Å². The molecule has 0 radical (unpaired) electrons. The van der Waals surface area contributed by atoms with Gasteiger partial charge in [-0.25, -0.2) is 0 Å². The first-order valence-electron chi connectivity index (χ1n) is 8.42. The van der Waals surface area contributed by atoms with Gasteiger partial charge in [-0.3, -0.25) is 0 Å². The highest BCUT2D eigenvalue weighted by molar-refractivity contribution is 4.75. The summed E-state index contributed by atoms with van der Waals surface area (Å²) in [4.78, 5) is 2.54. The number of likely N-dealkylation sites (tertiary alicyclic amines) is 1. The standard InChI is InChI=1S/C17H33NO2/c1-14(11-17(2,3)4)10-16-19-13-15(20-16)12-18-8-6-5-7-9-18/h14-16H,5-13H2,1-4H3/t14-,15+,16+/m0/s1. The Balaban J connectivity index is 1.66. The van der Waals surface area contributed by atoms with E-state index >= 15 is 0 Å². The van der Waals surface area contributed by atoms with Gasteiger partial charge in [0.15, 0.2) is 6.29 Å². The smallest absolute Gasteiger partial charge is 0.158 e. The summed E-state index contributed by atoms with van der Waals surface area (Å²) in [5.41, 5.74) is 0.394. The molecule has 0 aromatic rings. The van der Waals surface area contributed by atoms with Crippen molar-refractivity contribution in [3.63, 3.8) is 0 Å². The van der Waals surface area contributed by atoms with Crippen molar-refractivity contribution in [2.24, 2.45) is 11.3 Å². The van der Waals surface area contributed by atoms with Crippen LogP contribution >= 0.6 is 0 Å². The Hall–Kier alpha value is -0.120.